The minimum atomic E-state index is 0.622. The van der Waals surface area contributed by atoms with E-state index in [0.29, 0.717) is 17.5 Å². The van der Waals surface area contributed by atoms with Crippen LogP contribution in [0.2, 0.25) is 0 Å². The summed E-state index contributed by atoms with van der Waals surface area (Å²) in [6.45, 7) is 0. The van der Waals surface area contributed by atoms with Crippen molar-refractivity contribution in [3.8, 4) is 67.5 Å². The number of hydrogen-bond donors (Lipinski definition) is 0. The van der Waals surface area contributed by atoms with E-state index in [1.165, 1.54) is 54.2 Å². The predicted octanol–water partition coefficient (Wildman–Crippen LogP) is 15.6. The van der Waals surface area contributed by atoms with Crippen molar-refractivity contribution in [1.82, 2.24) is 15.0 Å². The van der Waals surface area contributed by atoms with Crippen LogP contribution in [0.15, 0.2) is 224 Å². The fraction of sp³-hybridized carbons (Fsp3) is 0. The maximum atomic E-state index is 5.43. The summed E-state index contributed by atoms with van der Waals surface area (Å²) in [5.74, 6) is 1.87. The Kier molecular flexibility index (Phi) is 8.50. The lowest BCUT2D eigenvalue weighted by atomic mass is 9.87. The third-order valence-corrected chi connectivity index (χ3v) is 12.3. The van der Waals surface area contributed by atoms with Crippen LogP contribution in [-0.2, 0) is 0 Å². The van der Waals surface area contributed by atoms with Crippen molar-refractivity contribution in [2.75, 3.05) is 0 Å². The molecule has 0 atom stereocenters. The van der Waals surface area contributed by atoms with Crippen molar-refractivity contribution < 1.29 is 0 Å². The van der Waals surface area contributed by atoms with Gasteiger partial charge in [-0.05, 0) is 99.4 Å². The maximum absolute atomic E-state index is 5.43. The van der Waals surface area contributed by atoms with E-state index in [-0.39, 0.29) is 0 Å². The Hall–Kier alpha value is -8.27. The zero-order valence-electron chi connectivity index (χ0n) is 33.7. The van der Waals surface area contributed by atoms with Crippen LogP contribution in [0.1, 0.15) is 0 Å². The second kappa shape index (κ2) is 14.8. The van der Waals surface area contributed by atoms with Crippen molar-refractivity contribution in [3.05, 3.63) is 224 Å². The van der Waals surface area contributed by atoms with Gasteiger partial charge in [0.2, 0.25) is 0 Å². The second-order valence-electron chi connectivity index (χ2n) is 15.9. The van der Waals surface area contributed by atoms with Gasteiger partial charge in [-0.15, -0.1) is 0 Å². The van der Waals surface area contributed by atoms with E-state index >= 15 is 0 Å². The van der Waals surface area contributed by atoms with Crippen molar-refractivity contribution in [2.45, 2.75) is 0 Å². The van der Waals surface area contributed by atoms with Crippen LogP contribution in [0.3, 0.4) is 0 Å². The molecule has 0 spiro atoms. The Morgan fingerprint density at radius 2 is 0.677 bits per heavy atom. The van der Waals surface area contributed by atoms with E-state index in [1.54, 1.807) is 0 Å². The van der Waals surface area contributed by atoms with Gasteiger partial charge in [0.1, 0.15) is 0 Å². The molecule has 0 amide bonds. The fourth-order valence-electron chi connectivity index (χ4n) is 9.48. The average Bonchev–Trinajstić information content (AvgIpc) is 3.35. The fourth-order valence-corrected chi connectivity index (χ4v) is 9.48. The molecule has 0 saturated carbocycles. The summed E-state index contributed by atoms with van der Waals surface area (Å²) >= 11 is 0. The smallest absolute Gasteiger partial charge is 0.164 e. The Bertz CT molecular complexity index is 3700. The molecule has 3 heteroatoms. The number of hydrogen-bond acceptors (Lipinski definition) is 3. The molecule has 0 N–H and O–H groups in total. The molecule has 288 valence electrons. The number of benzene rings is 11. The molecule has 11 aromatic carbocycles. The van der Waals surface area contributed by atoms with Gasteiger partial charge in [0.15, 0.2) is 17.5 Å². The molecule has 62 heavy (non-hydrogen) atoms. The Morgan fingerprint density at radius 1 is 0.210 bits per heavy atom. The number of fused-ring (bicyclic) bond motifs is 6. The van der Waals surface area contributed by atoms with Gasteiger partial charge in [-0.2, -0.15) is 0 Å². The van der Waals surface area contributed by atoms with Crippen LogP contribution < -0.4 is 0 Å². The summed E-state index contributed by atoms with van der Waals surface area (Å²) in [7, 11) is 0. The molecule has 1 aromatic heterocycles. The van der Waals surface area contributed by atoms with Gasteiger partial charge in [-0.25, -0.2) is 15.0 Å². The van der Waals surface area contributed by atoms with E-state index in [9.17, 15) is 0 Å². The maximum Gasteiger partial charge on any atom is 0.164 e. The van der Waals surface area contributed by atoms with E-state index in [0.717, 1.165) is 49.7 Å². The van der Waals surface area contributed by atoms with Crippen LogP contribution in [0.5, 0.6) is 0 Å². The third-order valence-electron chi connectivity index (χ3n) is 12.3. The number of nitrogens with zero attached hydrogens (tertiary/aromatic N) is 3. The molecular formula is C59H37N3. The highest BCUT2D eigenvalue weighted by Crippen LogP contribution is 2.44. The average molecular weight is 788 g/mol. The normalized spacial score (nSPS) is 11.5. The SMILES string of the molecule is c1ccc(-c2ccccc2-c2nc(-c3ccccc3-c3cccc4ccccc34)nc(-c3ccc(-c4c5ccccc5cc5c4ccc4ccccc45)c4ccccc34)n2)cc1. The summed E-state index contributed by atoms with van der Waals surface area (Å²) in [4.78, 5) is 16.2. The molecule has 0 unspecified atom stereocenters. The molecule has 12 aromatic rings. The quantitative estimate of drug-likeness (QED) is 0.124. The highest BCUT2D eigenvalue weighted by molar-refractivity contribution is 6.23. The van der Waals surface area contributed by atoms with Crippen molar-refractivity contribution in [3.63, 3.8) is 0 Å². The molecule has 1 heterocycles. The topological polar surface area (TPSA) is 38.7 Å². The largest absolute Gasteiger partial charge is 0.208 e. The molecular weight excluding hydrogens is 751 g/mol. The molecule has 0 aliphatic carbocycles. The first kappa shape index (κ1) is 35.7. The first-order valence-electron chi connectivity index (χ1n) is 21.1. The highest BCUT2D eigenvalue weighted by Gasteiger charge is 2.21. The van der Waals surface area contributed by atoms with Crippen molar-refractivity contribution in [1.29, 1.82) is 0 Å². The minimum Gasteiger partial charge on any atom is -0.208 e. The first-order valence-corrected chi connectivity index (χ1v) is 21.1. The number of aromatic nitrogens is 3. The summed E-state index contributed by atoms with van der Waals surface area (Å²) in [5, 5.41) is 12.0. The summed E-state index contributed by atoms with van der Waals surface area (Å²) in [6.07, 6.45) is 0. The van der Waals surface area contributed by atoms with Gasteiger partial charge in [0.05, 0.1) is 0 Å². The van der Waals surface area contributed by atoms with Crippen LogP contribution in [0.25, 0.3) is 121 Å². The van der Waals surface area contributed by atoms with Gasteiger partial charge < -0.3 is 0 Å². The van der Waals surface area contributed by atoms with Gasteiger partial charge in [-0.1, -0.05) is 212 Å². The molecule has 0 saturated heterocycles. The van der Waals surface area contributed by atoms with Gasteiger partial charge in [-0.3, -0.25) is 0 Å². The Balaban J connectivity index is 1.12. The van der Waals surface area contributed by atoms with E-state index < -0.39 is 0 Å². The van der Waals surface area contributed by atoms with E-state index in [2.05, 4.69) is 218 Å². The summed E-state index contributed by atoms with van der Waals surface area (Å²) in [6, 6.07) is 80.0. The number of rotatable bonds is 6. The van der Waals surface area contributed by atoms with Gasteiger partial charge >= 0.3 is 0 Å². The van der Waals surface area contributed by atoms with Crippen LogP contribution in [0.4, 0.5) is 0 Å². The summed E-state index contributed by atoms with van der Waals surface area (Å²) < 4.78 is 0. The Labute approximate surface area is 359 Å². The van der Waals surface area contributed by atoms with Crippen LogP contribution >= 0.6 is 0 Å². The zero-order valence-corrected chi connectivity index (χ0v) is 33.7. The van der Waals surface area contributed by atoms with Crippen molar-refractivity contribution >= 4 is 53.9 Å². The molecule has 0 fully saturated rings. The molecule has 0 bridgehead atoms. The van der Waals surface area contributed by atoms with Crippen LogP contribution in [-0.4, -0.2) is 15.0 Å². The summed E-state index contributed by atoms with van der Waals surface area (Å²) in [5.41, 5.74) is 9.61. The predicted molar refractivity (Wildman–Crippen MR) is 260 cm³/mol. The van der Waals surface area contributed by atoms with E-state index in [4.69, 9.17) is 15.0 Å². The third kappa shape index (κ3) is 5.94. The molecule has 12 rings (SSSR count). The molecule has 0 aliphatic heterocycles. The highest BCUT2D eigenvalue weighted by atomic mass is 15.0. The zero-order chi connectivity index (χ0) is 41.0. The van der Waals surface area contributed by atoms with Gasteiger partial charge in [0, 0.05) is 16.7 Å². The minimum absolute atomic E-state index is 0.622. The monoisotopic (exact) mass is 787 g/mol. The molecule has 0 radical (unpaired) electrons. The lowest BCUT2D eigenvalue weighted by Crippen LogP contribution is -2.02. The first-order chi connectivity index (χ1) is 30.8. The second-order valence-corrected chi connectivity index (χ2v) is 15.9. The molecule has 0 aliphatic rings. The van der Waals surface area contributed by atoms with Crippen LogP contribution in [0, 0.1) is 0 Å². The van der Waals surface area contributed by atoms with E-state index in [1.807, 2.05) is 6.07 Å². The van der Waals surface area contributed by atoms with Gasteiger partial charge in [0.25, 0.3) is 0 Å². The van der Waals surface area contributed by atoms with Crippen molar-refractivity contribution in [2.24, 2.45) is 0 Å². The lowest BCUT2D eigenvalue weighted by molar-refractivity contribution is 1.08. The lowest BCUT2D eigenvalue weighted by Gasteiger charge is -2.18. The molecule has 3 nitrogen and oxygen atoms in total. The Morgan fingerprint density at radius 3 is 1.40 bits per heavy atom. The standard InChI is InChI=1S/C59H37N3/c1-2-17-38(18-3-1)43-24-10-14-30-52(43)57-60-58(53-31-15-13-28-48(53)46-32-16-22-39-19-4-7-23-42(39)46)62-59(61-57)54-36-35-50(47-27-11-12-29-49(47)54)56-45-26-9-6-21-41(45)37-55-44-25-8-5-20-40(44)33-34-51(55)56/h1-37H.